The number of aryl methyl sites for hydroxylation is 1. The number of rotatable bonds is 4. The largest absolute Gasteiger partial charge is 0.340 e. The first-order chi connectivity index (χ1) is 13.1. The Bertz CT molecular complexity index is 885. The lowest BCUT2D eigenvalue weighted by Crippen LogP contribution is -2.47. The highest BCUT2D eigenvalue weighted by Gasteiger charge is 2.28. The first kappa shape index (κ1) is 18.7. The van der Waals surface area contributed by atoms with Crippen LogP contribution in [0.1, 0.15) is 46.3 Å². The fourth-order valence-electron chi connectivity index (χ4n) is 3.36. The second-order valence-corrected chi connectivity index (χ2v) is 6.90. The molecular formula is C22H23N3O2. The molecule has 138 valence electrons. The summed E-state index contributed by atoms with van der Waals surface area (Å²) in [6, 6.07) is 16.1. The summed E-state index contributed by atoms with van der Waals surface area (Å²) in [5.41, 5.74) is 3.11. The number of carbonyl (C=O) groups is 2. The normalized spacial score (nSPS) is 17.1. The second-order valence-electron chi connectivity index (χ2n) is 6.90. The van der Waals surface area contributed by atoms with Crippen LogP contribution >= 0.6 is 0 Å². The molecule has 1 aliphatic heterocycles. The van der Waals surface area contributed by atoms with Gasteiger partial charge in [-0.05, 0) is 55.5 Å². The van der Waals surface area contributed by atoms with E-state index in [1.165, 1.54) is 0 Å². The van der Waals surface area contributed by atoms with Crippen molar-refractivity contribution < 1.29 is 9.59 Å². The average Bonchev–Trinajstić information content (AvgIpc) is 2.86. The number of nitrogens with one attached hydrogen (secondary N) is 1. The van der Waals surface area contributed by atoms with Gasteiger partial charge >= 0.3 is 0 Å². The fraction of sp³-hybridized carbons (Fsp3) is 0.318. The van der Waals surface area contributed by atoms with E-state index in [1.54, 1.807) is 24.3 Å². The molecule has 0 saturated carbocycles. The van der Waals surface area contributed by atoms with E-state index in [4.69, 9.17) is 5.26 Å². The first-order valence-corrected chi connectivity index (χ1v) is 9.23. The SMILES string of the molecule is Cc1ccccc1CN1CCCCC(NC(=O)c2cccc(C#N)c2)C1=O. The maximum Gasteiger partial charge on any atom is 0.251 e. The zero-order chi connectivity index (χ0) is 19.2. The molecule has 1 atom stereocenters. The molecule has 0 bridgehead atoms. The van der Waals surface area contributed by atoms with Gasteiger partial charge in [0.05, 0.1) is 11.6 Å². The van der Waals surface area contributed by atoms with Crippen molar-refractivity contribution in [3.8, 4) is 6.07 Å². The summed E-state index contributed by atoms with van der Waals surface area (Å²) in [4.78, 5) is 27.4. The molecule has 1 aliphatic rings. The fourth-order valence-corrected chi connectivity index (χ4v) is 3.36. The van der Waals surface area contributed by atoms with Gasteiger partial charge in [0.25, 0.3) is 5.91 Å². The summed E-state index contributed by atoms with van der Waals surface area (Å²) in [6.45, 7) is 3.30. The summed E-state index contributed by atoms with van der Waals surface area (Å²) in [5, 5.41) is 11.9. The minimum Gasteiger partial charge on any atom is -0.340 e. The van der Waals surface area contributed by atoms with E-state index in [2.05, 4.69) is 5.32 Å². The lowest BCUT2D eigenvalue weighted by molar-refractivity contribution is -0.133. The van der Waals surface area contributed by atoms with E-state index in [1.807, 2.05) is 42.2 Å². The Kier molecular flexibility index (Phi) is 5.87. The van der Waals surface area contributed by atoms with Crippen molar-refractivity contribution in [3.63, 3.8) is 0 Å². The molecule has 27 heavy (non-hydrogen) atoms. The molecule has 1 fully saturated rings. The number of carbonyl (C=O) groups excluding carboxylic acids is 2. The van der Waals surface area contributed by atoms with E-state index in [9.17, 15) is 9.59 Å². The third kappa shape index (κ3) is 4.53. The summed E-state index contributed by atoms with van der Waals surface area (Å²) >= 11 is 0. The number of hydrogen-bond acceptors (Lipinski definition) is 3. The molecule has 0 aliphatic carbocycles. The maximum atomic E-state index is 13.0. The molecule has 1 heterocycles. The van der Waals surface area contributed by atoms with E-state index >= 15 is 0 Å². The summed E-state index contributed by atoms with van der Waals surface area (Å²) in [5.74, 6) is -0.358. The van der Waals surface area contributed by atoms with Crippen LogP contribution in [0.15, 0.2) is 48.5 Å². The van der Waals surface area contributed by atoms with Crippen LogP contribution < -0.4 is 5.32 Å². The summed E-state index contributed by atoms with van der Waals surface area (Å²) < 4.78 is 0. The van der Waals surface area contributed by atoms with Gasteiger partial charge in [-0.15, -0.1) is 0 Å². The standard InChI is InChI=1S/C22H23N3O2/c1-16-7-2-3-9-19(16)15-25-12-5-4-11-20(22(25)27)24-21(26)18-10-6-8-17(13-18)14-23/h2-3,6-10,13,20H,4-5,11-12,15H2,1H3,(H,24,26). The Hall–Kier alpha value is -3.13. The van der Waals surface area contributed by atoms with Gasteiger partial charge in [-0.3, -0.25) is 9.59 Å². The predicted octanol–water partition coefficient (Wildman–Crippen LogP) is 3.18. The number of likely N-dealkylation sites (tertiary alicyclic amines) is 1. The smallest absolute Gasteiger partial charge is 0.251 e. The van der Waals surface area contributed by atoms with Gasteiger partial charge in [-0.1, -0.05) is 30.3 Å². The third-order valence-electron chi connectivity index (χ3n) is 4.96. The number of nitrogens with zero attached hydrogens (tertiary/aromatic N) is 2. The molecule has 2 aromatic carbocycles. The number of hydrogen-bond donors (Lipinski definition) is 1. The van der Waals surface area contributed by atoms with Crippen LogP contribution in [-0.4, -0.2) is 29.3 Å². The molecule has 5 heteroatoms. The van der Waals surface area contributed by atoms with Crippen molar-refractivity contribution in [2.24, 2.45) is 0 Å². The molecular weight excluding hydrogens is 338 g/mol. The van der Waals surface area contributed by atoms with Gasteiger partial charge in [-0.2, -0.15) is 5.26 Å². The topological polar surface area (TPSA) is 73.2 Å². The lowest BCUT2D eigenvalue weighted by Gasteiger charge is -2.25. The second kappa shape index (κ2) is 8.50. The number of nitriles is 1. The van der Waals surface area contributed by atoms with Crippen molar-refractivity contribution in [3.05, 3.63) is 70.8 Å². The predicted molar refractivity (Wildman–Crippen MR) is 103 cm³/mol. The van der Waals surface area contributed by atoms with Crippen molar-refractivity contribution in [2.75, 3.05) is 6.54 Å². The Morgan fingerprint density at radius 1 is 1.22 bits per heavy atom. The van der Waals surface area contributed by atoms with E-state index in [0.29, 0.717) is 30.6 Å². The van der Waals surface area contributed by atoms with Gasteiger partial charge in [0, 0.05) is 18.7 Å². The zero-order valence-electron chi connectivity index (χ0n) is 15.4. The Morgan fingerprint density at radius 3 is 2.81 bits per heavy atom. The highest BCUT2D eigenvalue weighted by molar-refractivity contribution is 5.97. The molecule has 5 nitrogen and oxygen atoms in total. The first-order valence-electron chi connectivity index (χ1n) is 9.23. The molecule has 1 N–H and O–H groups in total. The highest BCUT2D eigenvalue weighted by Crippen LogP contribution is 2.18. The van der Waals surface area contributed by atoms with E-state index in [0.717, 1.165) is 24.0 Å². The minimum absolute atomic E-state index is 0.0412. The molecule has 3 rings (SSSR count). The van der Waals surface area contributed by atoms with Gasteiger partial charge in [0.2, 0.25) is 5.91 Å². The molecule has 0 radical (unpaired) electrons. The Morgan fingerprint density at radius 2 is 2.04 bits per heavy atom. The molecule has 0 spiro atoms. The maximum absolute atomic E-state index is 13.0. The summed E-state index contributed by atoms with van der Waals surface area (Å²) in [7, 11) is 0. The van der Waals surface area contributed by atoms with Crippen LogP contribution in [0.4, 0.5) is 0 Å². The lowest BCUT2D eigenvalue weighted by atomic mass is 10.1. The molecule has 2 amide bonds. The van der Waals surface area contributed by atoms with Crippen LogP contribution in [0.5, 0.6) is 0 Å². The van der Waals surface area contributed by atoms with Crippen LogP contribution in [0.2, 0.25) is 0 Å². The molecule has 2 aromatic rings. The van der Waals surface area contributed by atoms with E-state index < -0.39 is 6.04 Å². The van der Waals surface area contributed by atoms with E-state index in [-0.39, 0.29) is 11.8 Å². The average molecular weight is 361 g/mol. The van der Waals surface area contributed by atoms with Crippen LogP contribution in [0.25, 0.3) is 0 Å². The summed E-state index contributed by atoms with van der Waals surface area (Å²) in [6.07, 6.45) is 2.44. The van der Waals surface area contributed by atoms with Crippen molar-refractivity contribution in [1.82, 2.24) is 10.2 Å². The Labute approximate surface area is 159 Å². The van der Waals surface area contributed by atoms with Crippen molar-refractivity contribution in [1.29, 1.82) is 5.26 Å². The Balaban J connectivity index is 1.73. The number of benzene rings is 2. The molecule has 1 unspecified atom stereocenters. The van der Waals surface area contributed by atoms with Crippen LogP contribution in [0.3, 0.4) is 0 Å². The number of amides is 2. The quantitative estimate of drug-likeness (QED) is 0.909. The van der Waals surface area contributed by atoms with Crippen LogP contribution in [0, 0.1) is 18.3 Å². The van der Waals surface area contributed by atoms with Gasteiger partial charge in [0.15, 0.2) is 0 Å². The van der Waals surface area contributed by atoms with Crippen molar-refractivity contribution in [2.45, 2.75) is 38.8 Å². The monoisotopic (exact) mass is 361 g/mol. The van der Waals surface area contributed by atoms with Gasteiger partial charge in [0.1, 0.15) is 6.04 Å². The third-order valence-corrected chi connectivity index (χ3v) is 4.96. The molecule has 0 aromatic heterocycles. The zero-order valence-corrected chi connectivity index (χ0v) is 15.4. The molecule has 1 saturated heterocycles. The van der Waals surface area contributed by atoms with Crippen molar-refractivity contribution >= 4 is 11.8 Å². The highest BCUT2D eigenvalue weighted by atomic mass is 16.2. The van der Waals surface area contributed by atoms with Gasteiger partial charge < -0.3 is 10.2 Å². The van der Waals surface area contributed by atoms with Crippen LogP contribution in [-0.2, 0) is 11.3 Å². The minimum atomic E-state index is -0.533. The van der Waals surface area contributed by atoms with Gasteiger partial charge in [-0.25, -0.2) is 0 Å².